The lowest BCUT2D eigenvalue weighted by molar-refractivity contribution is -0.160. The fourth-order valence-electron chi connectivity index (χ4n) is 4.24. The van der Waals surface area contributed by atoms with E-state index < -0.39 is 5.79 Å². The number of aryl methyl sites for hydroxylation is 3. The van der Waals surface area contributed by atoms with Crippen LogP contribution in [0.3, 0.4) is 0 Å². The molecule has 0 unspecified atom stereocenters. The van der Waals surface area contributed by atoms with E-state index in [1.165, 1.54) is 27.6 Å². The summed E-state index contributed by atoms with van der Waals surface area (Å²) in [4.78, 5) is 0. The molecule has 0 aliphatic carbocycles. The molecule has 1 aromatic heterocycles. The van der Waals surface area contributed by atoms with Gasteiger partial charge in [0, 0.05) is 16.5 Å². The third-order valence-corrected chi connectivity index (χ3v) is 5.41. The summed E-state index contributed by atoms with van der Waals surface area (Å²) in [5, 5.41) is 1.30. The lowest BCUT2D eigenvalue weighted by Gasteiger charge is -2.34. The summed E-state index contributed by atoms with van der Waals surface area (Å²) < 4.78 is 15.2. The first-order valence-corrected chi connectivity index (χ1v) is 8.57. The number of nitrogens with zero attached hydrogens (tertiary/aromatic N) is 1. The SMILES string of the molecule is Cc1ccc([C@]23OC[C@@H](Cn4c2c(C)c2cc(C)ccc24)O3)cc1. The average molecular weight is 319 g/mol. The van der Waals surface area contributed by atoms with Crippen molar-refractivity contribution in [2.45, 2.75) is 39.2 Å². The number of fused-ring (bicyclic) bond motifs is 6. The van der Waals surface area contributed by atoms with Crippen molar-refractivity contribution in [3.8, 4) is 0 Å². The van der Waals surface area contributed by atoms with Gasteiger partial charge in [-0.25, -0.2) is 0 Å². The van der Waals surface area contributed by atoms with Gasteiger partial charge in [-0.3, -0.25) is 0 Å². The molecule has 24 heavy (non-hydrogen) atoms. The Morgan fingerprint density at radius 1 is 1.00 bits per heavy atom. The van der Waals surface area contributed by atoms with E-state index in [0.29, 0.717) is 6.61 Å². The normalized spacial score (nSPS) is 25.2. The molecule has 5 rings (SSSR count). The molecule has 2 aliphatic rings. The van der Waals surface area contributed by atoms with Crippen LogP contribution in [-0.2, 0) is 21.8 Å². The number of benzene rings is 2. The van der Waals surface area contributed by atoms with Crippen molar-refractivity contribution in [3.63, 3.8) is 0 Å². The molecular weight excluding hydrogens is 298 g/mol. The predicted molar refractivity (Wildman–Crippen MR) is 94.2 cm³/mol. The van der Waals surface area contributed by atoms with Crippen LogP contribution >= 0.6 is 0 Å². The summed E-state index contributed by atoms with van der Waals surface area (Å²) in [6.07, 6.45) is 0.107. The molecule has 1 saturated heterocycles. The van der Waals surface area contributed by atoms with Crippen LogP contribution in [0.2, 0.25) is 0 Å². The average Bonchev–Trinajstić information content (AvgIpc) is 3.06. The van der Waals surface area contributed by atoms with Gasteiger partial charge in [0.15, 0.2) is 0 Å². The molecule has 0 radical (unpaired) electrons. The molecule has 0 saturated carbocycles. The Morgan fingerprint density at radius 2 is 1.75 bits per heavy atom. The highest BCUT2D eigenvalue weighted by Gasteiger charge is 2.51. The molecule has 3 nitrogen and oxygen atoms in total. The quantitative estimate of drug-likeness (QED) is 0.671. The van der Waals surface area contributed by atoms with Crippen LogP contribution < -0.4 is 0 Å². The summed E-state index contributed by atoms with van der Waals surface area (Å²) in [5.41, 5.74) is 7.30. The van der Waals surface area contributed by atoms with Crippen molar-refractivity contribution >= 4 is 10.9 Å². The van der Waals surface area contributed by atoms with E-state index in [1.54, 1.807) is 0 Å². The molecular formula is C21H21NO2. The summed E-state index contributed by atoms with van der Waals surface area (Å²) in [6, 6.07) is 15.2. The molecule has 3 heteroatoms. The van der Waals surface area contributed by atoms with E-state index in [9.17, 15) is 0 Å². The zero-order valence-corrected chi connectivity index (χ0v) is 14.3. The van der Waals surface area contributed by atoms with Crippen LogP contribution in [0.1, 0.15) is 27.9 Å². The van der Waals surface area contributed by atoms with Crippen molar-refractivity contribution < 1.29 is 9.47 Å². The Labute approximate surface area is 141 Å². The molecule has 0 amide bonds. The lowest BCUT2D eigenvalue weighted by Crippen LogP contribution is -2.38. The molecule has 2 aliphatic heterocycles. The maximum Gasteiger partial charge on any atom is 0.238 e. The van der Waals surface area contributed by atoms with Crippen LogP contribution in [0, 0.1) is 20.8 Å². The van der Waals surface area contributed by atoms with Gasteiger partial charge < -0.3 is 14.0 Å². The van der Waals surface area contributed by atoms with Crippen LogP contribution in [0.4, 0.5) is 0 Å². The van der Waals surface area contributed by atoms with Gasteiger partial charge in [-0.1, -0.05) is 41.5 Å². The molecule has 0 N–H and O–H groups in total. The Morgan fingerprint density at radius 3 is 2.54 bits per heavy atom. The minimum absolute atomic E-state index is 0.107. The van der Waals surface area contributed by atoms with E-state index in [1.807, 2.05) is 0 Å². The summed E-state index contributed by atoms with van der Waals surface area (Å²) in [7, 11) is 0. The largest absolute Gasteiger partial charge is 0.338 e. The molecule has 2 aromatic carbocycles. The van der Waals surface area contributed by atoms with Gasteiger partial charge in [-0.2, -0.15) is 0 Å². The summed E-state index contributed by atoms with van der Waals surface area (Å²) >= 11 is 0. The van der Waals surface area contributed by atoms with E-state index in [2.05, 4.69) is 67.8 Å². The molecule has 2 bridgehead atoms. The van der Waals surface area contributed by atoms with Gasteiger partial charge in [0.25, 0.3) is 0 Å². The molecule has 3 aromatic rings. The van der Waals surface area contributed by atoms with Gasteiger partial charge in [0.2, 0.25) is 5.79 Å². The lowest BCUT2D eigenvalue weighted by atomic mass is 9.97. The van der Waals surface area contributed by atoms with Crippen LogP contribution in [0.25, 0.3) is 10.9 Å². The van der Waals surface area contributed by atoms with Gasteiger partial charge in [0.05, 0.1) is 18.8 Å². The zero-order chi connectivity index (χ0) is 16.5. The van der Waals surface area contributed by atoms with Crippen molar-refractivity contribution in [1.29, 1.82) is 0 Å². The Hall–Kier alpha value is -2.10. The topological polar surface area (TPSA) is 23.4 Å². The second kappa shape index (κ2) is 4.71. The highest BCUT2D eigenvalue weighted by molar-refractivity contribution is 5.86. The number of aromatic nitrogens is 1. The van der Waals surface area contributed by atoms with Crippen molar-refractivity contribution in [3.05, 3.63) is 70.4 Å². The first-order chi connectivity index (χ1) is 11.6. The fourth-order valence-corrected chi connectivity index (χ4v) is 4.24. The first-order valence-electron chi connectivity index (χ1n) is 8.57. The summed E-state index contributed by atoms with van der Waals surface area (Å²) in [5.74, 6) is -0.770. The van der Waals surface area contributed by atoms with Crippen LogP contribution in [0.15, 0.2) is 42.5 Å². The van der Waals surface area contributed by atoms with Crippen LogP contribution in [-0.4, -0.2) is 17.3 Å². The Balaban J connectivity index is 1.83. The van der Waals surface area contributed by atoms with Crippen molar-refractivity contribution in [2.24, 2.45) is 0 Å². The minimum atomic E-state index is -0.770. The van der Waals surface area contributed by atoms with Crippen molar-refractivity contribution in [2.75, 3.05) is 6.61 Å². The third-order valence-electron chi connectivity index (χ3n) is 5.41. The second-order valence-corrected chi connectivity index (χ2v) is 7.14. The Bertz CT molecular complexity index is 954. The maximum atomic E-state index is 6.43. The third kappa shape index (κ3) is 1.74. The molecule has 122 valence electrons. The highest BCUT2D eigenvalue weighted by Crippen LogP contribution is 2.48. The van der Waals surface area contributed by atoms with E-state index in [4.69, 9.17) is 9.47 Å². The Kier molecular flexibility index (Phi) is 2.80. The van der Waals surface area contributed by atoms with Gasteiger partial charge in [-0.15, -0.1) is 0 Å². The van der Waals surface area contributed by atoms with Gasteiger partial charge in [-0.05, 0) is 38.5 Å². The van der Waals surface area contributed by atoms with E-state index in [-0.39, 0.29) is 6.10 Å². The van der Waals surface area contributed by atoms with Gasteiger partial charge in [0.1, 0.15) is 6.10 Å². The minimum Gasteiger partial charge on any atom is -0.338 e. The number of hydrogen-bond donors (Lipinski definition) is 0. The van der Waals surface area contributed by atoms with Crippen molar-refractivity contribution in [1.82, 2.24) is 4.57 Å². The molecule has 2 atom stereocenters. The van der Waals surface area contributed by atoms with E-state index >= 15 is 0 Å². The highest BCUT2D eigenvalue weighted by atomic mass is 16.7. The summed E-state index contributed by atoms with van der Waals surface area (Å²) in [6.45, 7) is 7.94. The number of ether oxygens (including phenoxy) is 2. The smallest absolute Gasteiger partial charge is 0.238 e. The van der Waals surface area contributed by atoms with E-state index in [0.717, 1.165) is 17.8 Å². The standard InChI is InChI=1S/C21H21NO2/c1-13-4-7-16(8-5-13)21-20-15(3)18-10-14(2)6-9-19(18)22(20)11-17(24-21)12-23-21/h4-10,17H,11-12H2,1-3H3/t17-,21-/m1/s1. The molecule has 3 heterocycles. The second-order valence-electron chi connectivity index (χ2n) is 7.14. The molecule has 0 spiro atoms. The zero-order valence-electron chi connectivity index (χ0n) is 14.3. The van der Waals surface area contributed by atoms with Gasteiger partial charge >= 0.3 is 0 Å². The van der Waals surface area contributed by atoms with Crippen LogP contribution in [0.5, 0.6) is 0 Å². The predicted octanol–water partition coefficient (Wildman–Crippen LogP) is 4.20. The molecule has 1 fully saturated rings. The number of hydrogen-bond acceptors (Lipinski definition) is 2. The monoisotopic (exact) mass is 319 g/mol. The fraction of sp³-hybridized carbons (Fsp3) is 0.333. The number of rotatable bonds is 1. The first kappa shape index (κ1) is 14.3. The maximum absolute atomic E-state index is 6.43.